The summed E-state index contributed by atoms with van der Waals surface area (Å²) in [6, 6.07) is 8.76. The van der Waals surface area contributed by atoms with Gasteiger partial charge in [0.15, 0.2) is 11.5 Å². The van der Waals surface area contributed by atoms with E-state index in [-0.39, 0.29) is 5.91 Å². The number of amides is 1. The quantitative estimate of drug-likeness (QED) is 0.765. The van der Waals surface area contributed by atoms with Gasteiger partial charge in [0, 0.05) is 24.4 Å². The molecule has 1 heterocycles. The molecular weight excluding hydrogens is 322 g/mol. The van der Waals surface area contributed by atoms with Crippen molar-refractivity contribution < 1.29 is 19.0 Å². The summed E-state index contributed by atoms with van der Waals surface area (Å²) in [5.74, 6) is 1.91. The van der Waals surface area contributed by atoms with Gasteiger partial charge in [0.2, 0.25) is 5.75 Å². The number of hydrogen-bond donors (Lipinski definition) is 2. The van der Waals surface area contributed by atoms with Gasteiger partial charge in [-0.1, -0.05) is 13.0 Å². The molecule has 0 fully saturated rings. The molecule has 134 valence electrons. The Morgan fingerprint density at radius 1 is 1.08 bits per heavy atom. The van der Waals surface area contributed by atoms with Gasteiger partial charge in [0.25, 0.3) is 5.91 Å². The maximum atomic E-state index is 12.0. The van der Waals surface area contributed by atoms with Crippen LogP contribution >= 0.6 is 0 Å². The van der Waals surface area contributed by atoms with E-state index in [1.54, 1.807) is 51.7 Å². The van der Waals surface area contributed by atoms with Crippen molar-refractivity contribution in [2.75, 3.05) is 33.2 Å². The van der Waals surface area contributed by atoms with E-state index in [1.807, 2.05) is 6.92 Å². The van der Waals surface area contributed by atoms with Gasteiger partial charge in [-0.25, -0.2) is 4.98 Å². The van der Waals surface area contributed by atoms with Crippen LogP contribution in [0.5, 0.6) is 17.2 Å². The lowest BCUT2D eigenvalue weighted by molar-refractivity contribution is 0.0949. The summed E-state index contributed by atoms with van der Waals surface area (Å²) in [5, 5.41) is 5.95. The summed E-state index contributed by atoms with van der Waals surface area (Å²) in [6.07, 6.45) is 0.870. The summed E-state index contributed by atoms with van der Waals surface area (Å²) in [7, 11) is 4.66. The highest BCUT2D eigenvalue weighted by molar-refractivity contribution is 5.92. The molecule has 1 amide bonds. The van der Waals surface area contributed by atoms with Crippen LogP contribution in [-0.2, 0) is 0 Å². The first-order valence-electron chi connectivity index (χ1n) is 7.95. The zero-order chi connectivity index (χ0) is 18.2. The molecule has 7 nitrogen and oxygen atoms in total. The minimum absolute atomic E-state index is 0.199. The predicted molar refractivity (Wildman–Crippen MR) is 96.2 cm³/mol. The molecule has 0 spiro atoms. The molecule has 2 rings (SSSR count). The molecule has 1 aromatic carbocycles. The van der Waals surface area contributed by atoms with Crippen molar-refractivity contribution in [3.05, 3.63) is 36.0 Å². The second-order valence-electron chi connectivity index (χ2n) is 5.20. The minimum Gasteiger partial charge on any atom is -0.493 e. The molecule has 0 aliphatic rings. The summed E-state index contributed by atoms with van der Waals surface area (Å²) >= 11 is 0. The standard InChI is InChI=1S/C18H23N3O4/c1-5-9-19-18(22)13-7-6-8-16(21-13)20-12-10-14(23-2)17(25-4)15(11-12)24-3/h6-8,10-11H,5,9H2,1-4H3,(H,19,22)(H,20,21). The Morgan fingerprint density at radius 2 is 1.76 bits per heavy atom. The fourth-order valence-electron chi connectivity index (χ4n) is 2.26. The van der Waals surface area contributed by atoms with E-state index in [4.69, 9.17) is 14.2 Å². The maximum Gasteiger partial charge on any atom is 0.269 e. The van der Waals surface area contributed by atoms with Crippen molar-refractivity contribution in [1.82, 2.24) is 10.3 Å². The van der Waals surface area contributed by atoms with Crippen molar-refractivity contribution in [3.8, 4) is 17.2 Å². The van der Waals surface area contributed by atoms with Gasteiger partial charge in [0.05, 0.1) is 21.3 Å². The number of aromatic nitrogens is 1. The van der Waals surface area contributed by atoms with E-state index in [0.29, 0.717) is 41.0 Å². The third-order valence-electron chi connectivity index (χ3n) is 3.45. The molecule has 0 saturated carbocycles. The van der Waals surface area contributed by atoms with Gasteiger partial charge in [0.1, 0.15) is 11.5 Å². The van der Waals surface area contributed by atoms with Crippen molar-refractivity contribution in [1.29, 1.82) is 0 Å². The van der Waals surface area contributed by atoms with Crippen LogP contribution in [0.3, 0.4) is 0 Å². The first-order chi connectivity index (χ1) is 12.1. The lowest BCUT2D eigenvalue weighted by Gasteiger charge is -2.15. The van der Waals surface area contributed by atoms with Gasteiger partial charge in [-0.15, -0.1) is 0 Å². The van der Waals surface area contributed by atoms with E-state index >= 15 is 0 Å². The normalized spacial score (nSPS) is 10.1. The summed E-state index contributed by atoms with van der Waals surface area (Å²) < 4.78 is 16.0. The molecule has 0 radical (unpaired) electrons. The zero-order valence-corrected chi connectivity index (χ0v) is 14.9. The Bertz CT molecular complexity index is 709. The lowest BCUT2D eigenvalue weighted by Crippen LogP contribution is -2.25. The Balaban J connectivity index is 2.26. The molecule has 2 aromatic rings. The van der Waals surface area contributed by atoms with E-state index in [9.17, 15) is 4.79 Å². The molecule has 0 aliphatic heterocycles. The zero-order valence-electron chi connectivity index (χ0n) is 14.9. The number of anilines is 2. The Labute approximate surface area is 147 Å². The fourth-order valence-corrected chi connectivity index (χ4v) is 2.26. The van der Waals surface area contributed by atoms with E-state index in [1.165, 1.54) is 0 Å². The van der Waals surface area contributed by atoms with Crippen molar-refractivity contribution in [2.45, 2.75) is 13.3 Å². The third kappa shape index (κ3) is 4.53. The van der Waals surface area contributed by atoms with Crippen LogP contribution in [-0.4, -0.2) is 38.8 Å². The molecule has 0 bridgehead atoms. The number of pyridine rings is 1. The number of benzene rings is 1. The number of carbonyl (C=O) groups is 1. The smallest absolute Gasteiger partial charge is 0.269 e. The molecule has 0 atom stereocenters. The van der Waals surface area contributed by atoms with Crippen LogP contribution < -0.4 is 24.8 Å². The topological polar surface area (TPSA) is 81.7 Å². The summed E-state index contributed by atoms with van der Waals surface area (Å²) in [5.41, 5.74) is 1.05. The Hall–Kier alpha value is -2.96. The fraction of sp³-hybridized carbons (Fsp3) is 0.333. The molecule has 0 saturated heterocycles. The largest absolute Gasteiger partial charge is 0.493 e. The monoisotopic (exact) mass is 345 g/mol. The van der Waals surface area contributed by atoms with Gasteiger partial charge >= 0.3 is 0 Å². The van der Waals surface area contributed by atoms with Crippen LogP contribution in [0.25, 0.3) is 0 Å². The van der Waals surface area contributed by atoms with Crippen molar-refractivity contribution in [3.63, 3.8) is 0 Å². The highest BCUT2D eigenvalue weighted by Gasteiger charge is 2.14. The maximum absolute atomic E-state index is 12.0. The number of carbonyl (C=O) groups excluding carboxylic acids is 1. The average molecular weight is 345 g/mol. The number of nitrogens with one attached hydrogen (secondary N) is 2. The number of methoxy groups -OCH3 is 3. The first-order valence-corrected chi connectivity index (χ1v) is 7.95. The van der Waals surface area contributed by atoms with Crippen LogP contribution in [0.4, 0.5) is 11.5 Å². The number of rotatable bonds is 8. The highest BCUT2D eigenvalue weighted by atomic mass is 16.5. The van der Waals surface area contributed by atoms with Gasteiger partial charge < -0.3 is 24.8 Å². The highest BCUT2D eigenvalue weighted by Crippen LogP contribution is 2.40. The molecule has 1 aromatic heterocycles. The molecule has 25 heavy (non-hydrogen) atoms. The lowest BCUT2D eigenvalue weighted by atomic mass is 10.2. The van der Waals surface area contributed by atoms with Gasteiger partial charge in [-0.2, -0.15) is 0 Å². The van der Waals surface area contributed by atoms with E-state index in [0.717, 1.165) is 6.42 Å². The second kappa shape index (κ2) is 8.77. The average Bonchev–Trinajstić information content (AvgIpc) is 2.65. The molecular formula is C18H23N3O4. The summed E-state index contributed by atoms with van der Waals surface area (Å²) in [4.78, 5) is 16.4. The van der Waals surface area contributed by atoms with E-state index < -0.39 is 0 Å². The Kier molecular flexibility index (Phi) is 6.45. The van der Waals surface area contributed by atoms with Gasteiger partial charge in [-0.05, 0) is 18.6 Å². The summed E-state index contributed by atoms with van der Waals surface area (Å²) in [6.45, 7) is 2.61. The number of nitrogens with zero attached hydrogens (tertiary/aromatic N) is 1. The second-order valence-corrected chi connectivity index (χ2v) is 5.20. The van der Waals surface area contributed by atoms with Crippen LogP contribution in [0, 0.1) is 0 Å². The van der Waals surface area contributed by atoms with Crippen LogP contribution in [0.2, 0.25) is 0 Å². The van der Waals surface area contributed by atoms with Gasteiger partial charge in [-0.3, -0.25) is 4.79 Å². The minimum atomic E-state index is -0.199. The first kappa shape index (κ1) is 18.4. The van der Waals surface area contributed by atoms with E-state index in [2.05, 4.69) is 15.6 Å². The van der Waals surface area contributed by atoms with Crippen molar-refractivity contribution >= 4 is 17.4 Å². The van der Waals surface area contributed by atoms with Crippen molar-refractivity contribution in [2.24, 2.45) is 0 Å². The molecule has 0 aliphatic carbocycles. The Morgan fingerprint density at radius 3 is 2.32 bits per heavy atom. The predicted octanol–water partition coefficient (Wildman–Crippen LogP) is 2.99. The molecule has 0 unspecified atom stereocenters. The van der Waals surface area contributed by atoms with Crippen LogP contribution in [0.15, 0.2) is 30.3 Å². The molecule has 7 heteroatoms. The molecule has 2 N–H and O–H groups in total. The van der Waals surface area contributed by atoms with Crippen LogP contribution in [0.1, 0.15) is 23.8 Å². The SMILES string of the molecule is CCCNC(=O)c1cccc(Nc2cc(OC)c(OC)c(OC)c2)n1. The number of hydrogen-bond acceptors (Lipinski definition) is 6. The number of ether oxygens (including phenoxy) is 3. The third-order valence-corrected chi connectivity index (χ3v) is 3.45.